The fourth-order valence-corrected chi connectivity index (χ4v) is 3.25. The number of amides is 1. The number of hydrogen-bond donors (Lipinski definition) is 1. The number of pyridine rings is 2. The van der Waals surface area contributed by atoms with Crippen LogP contribution in [0.3, 0.4) is 0 Å². The molecule has 1 saturated heterocycles. The van der Waals surface area contributed by atoms with Gasteiger partial charge in [-0.15, -0.1) is 0 Å². The molecule has 4 heterocycles. The molecule has 0 aliphatic carbocycles. The molecule has 0 aromatic carbocycles. The highest BCUT2D eigenvalue weighted by atomic mass is 19.4. The maximum atomic E-state index is 13.1. The molecule has 1 N–H and O–H groups in total. The summed E-state index contributed by atoms with van der Waals surface area (Å²) in [5, 5.41) is 7.40. The molecule has 1 aliphatic rings. The number of halogens is 3. The first-order valence-electron chi connectivity index (χ1n) is 9.38. The second-order valence-corrected chi connectivity index (χ2v) is 6.83. The molecule has 8 nitrogen and oxygen atoms in total. The van der Waals surface area contributed by atoms with Crippen LogP contribution in [0.4, 0.5) is 24.7 Å². The Hall–Kier alpha value is -3.21. The molecular weight excluding hydrogens is 401 g/mol. The molecule has 0 atom stereocenters. The Morgan fingerprint density at radius 1 is 1.23 bits per heavy atom. The van der Waals surface area contributed by atoms with Gasteiger partial charge in [-0.3, -0.25) is 19.4 Å². The standard InChI is InChI=1S/C19H19F3N6O2/c20-19(21,22)12-28-16-9-15(18(29)27-5-2-7-30-8-6-27)24-11-14(16)17(26-28)25-13-3-1-4-23-10-13/h1,3-4,9-11H,2,5-8,12H2,(H,25,26). The van der Waals surface area contributed by atoms with E-state index in [1.165, 1.54) is 18.5 Å². The van der Waals surface area contributed by atoms with Crippen molar-refractivity contribution >= 4 is 28.3 Å². The molecule has 0 unspecified atom stereocenters. The van der Waals surface area contributed by atoms with Crippen LogP contribution in [0, 0.1) is 0 Å². The lowest BCUT2D eigenvalue weighted by atomic mass is 10.2. The minimum Gasteiger partial charge on any atom is -0.380 e. The molecule has 158 valence electrons. The second kappa shape index (κ2) is 8.27. The molecule has 1 amide bonds. The average molecular weight is 420 g/mol. The SMILES string of the molecule is O=C(c1cc2c(cn1)c(Nc1cccnc1)nn2CC(F)(F)F)N1CCCOCC1. The molecule has 4 rings (SSSR count). The maximum Gasteiger partial charge on any atom is 0.408 e. The van der Waals surface area contributed by atoms with E-state index in [4.69, 9.17) is 4.74 Å². The van der Waals surface area contributed by atoms with E-state index >= 15 is 0 Å². The minimum absolute atomic E-state index is 0.0700. The van der Waals surface area contributed by atoms with E-state index < -0.39 is 12.7 Å². The van der Waals surface area contributed by atoms with Crippen LogP contribution in [0.15, 0.2) is 36.8 Å². The van der Waals surface area contributed by atoms with Crippen molar-refractivity contribution in [1.82, 2.24) is 24.6 Å². The first-order chi connectivity index (χ1) is 14.4. The molecule has 0 radical (unpaired) electrons. The van der Waals surface area contributed by atoms with Gasteiger partial charge in [0.25, 0.3) is 5.91 Å². The summed E-state index contributed by atoms with van der Waals surface area (Å²) in [5.74, 6) is -0.138. The van der Waals surface area contributed by atoms with Gasteiger partial charge in [-0.2, -0.15) is 18.3 Å². The van der Waals surface area contributed by atoms with E-state index in [0.717, 1.165) is 4.68 Å². The summed E-state index contributed by atoms with van der Waals surface area (Å²) in [6.45, 7) is 0.618. The van der Waals surface area contributed by atoms with Crippen LogP contribution in [0.5, 0.6) is 0 Å². The van der Waals surface area contributed by atoms with Gasteiger partial charge in [-0.25, -0.2) is 0 Å². The summed E-state index contributed by atoms with van der Waals surface area (Å²) >= 11 is 0. The van der Waals surface area contributed by atoms with Crippen molar-refractivity contribution in [3.8, 4) is 0 Å². The van der Waals surface area contributed by atoms with E-state index in [1.54, 1.807) is 23.2 Å². The van der Waals surface area contributed by atoms with Gasteiger partial charge in [0.15, 0.2) is 5.82 Å². The number of aromatic nitrogens is 4. The quantitative estimate of drug-likeness (QED) is 0.699. The van der Waals surface area contributed by atoms with E-state index in [9.17, 15) is 18.0 Å². The smallest absolute Gasteiger partial charge is 0.380 e. The predicted molar refractivity (Wildman–Crippen MR) is 102 cm³/mol. The van der Waals surface area contributed by atoms with Crippen molar-refractivity contribution in [1.29, 1.82) is 0 Å². The third kappa shape index (κ3) is 4.51. The monoisotopic (exact) mass is 420 g/mol. The topological polar surface area (TPSA) is 85.2 Å². The number of fused-ring (bicyclic) bond motifs is 1. The number of carbonyl (C=O) groups is 1. The summed E-state index contributed by atoms with van der Waals surface area (Å²) < 4.78 is 45.5. The van der Waals surface area contributed by atoms with Gasteiger partial charge >= 0.3 is 6.18 Å². The van der Waals surface area contributed by atoms with Crippen LogP contribution in [0.1, 0.15) is 16.9 Å². The molecule has 11 heteroatoms. The van der Waals surface area contributed by atoms with Crippen molar-refractivity contribution in [2.45, 2.75) is 19.1 Å². The summed E-state index contributed by atoms with van der Waals surface area (Å²) in [7, 11) is 0. The molecule has 3 aromatic heterocycles. The van der Waals surface area contributed by atoms with Gasteiger partial charge in [-0.05, 0) is 24.6 Å². The van der Waals surface area contributed by atoms with Crippen molar-refractivity contribution in [2.24, 2.45) is 0 Å². The highest BCUT2D eigenvalue weighted by Crippen LogP contribution is 2.28. The fourth-order valence-electron chi connectivity index (χ4n) is 3.25. The Bertz CT molecular complexity index is 1030. The van der Waals surface area contributed by atoms with E-state index in [-0.39, 0.29) is 22.9 Å². The highest BCUT2D eigenvalue weighted by Gasteiger charge is 2.30. The number of alkyl halides is 3. The van der Waals surface area contributed by atoms with Crippen molar-refractivity contribution in [2.75, 3.05) is 31.6 Å². The number of anilines is 2. The molecular formula is C19H19F3N6O2. The summed E-state index contributed by atoms with van der Waals surface area (Å²) in [6.07, 6.45) is 0.703. The zero-order valence-corrected chi connectivity index (χ0v) is 15.9. The second-order valence-electron chi connectivity index (χ2n) is 6.83. The van der Waals surface area contributed by atoms with E-state index in [0.29, 0.717) is 43.8 Å². The normalized spacial score (nSPS) is 15.2. The Kier molecular flexibility index (Phi) is 5.53. The van der Waals surface area contributed by atoms with E-state index in [2.05, 4.69) is 20.4 Å². The van der Waals surface area contributed by atoms with Crippen LogP contribution in [0.25, 0.3) is 10.9 Å². The maximum absolute atomic E-state index is 13.1. The van der Waals surface area contributed by atoms with Crippen LogP contribution in [-0.4, -0.2) is 63.0 Å². The van der Waals surface area contributed by atoms with Crippen molar-refractivity contribution in [3.05, 3.63) is 42.5 Å². The number of rotatable bonds is 4. The van der Waals surface area contributed by atoms with Gasteiger partial charge in [-0.1, -0.05) is 0 Å². The number of hydrogen-bond acceptors (Lipinski definition) is 6. The zero-order chi connectivity index (χ0) is 21.1. The first kappa shape index (κ1) is 20.1. The van der Waals surface area contributed by atoms with Crippen LogP contribution >= 0.6 is 0 Å². The fraction of sp³-hybridized carbons (Fsp3) is 0.368. The van der Waals surface area contributed by atoms with Gasteiger partial charge in [0.1, 0.15) is 12.2 Å². The summed E-state index contributed by atoms with van der Waals surface area (Å²) in [5.41, 5.74) is 0.810. The average Bonchev–Trinajstić information content (AvgIpc) is 2.89. The van der Waals surface area contributed by atoms with Crippen molar-refractivity contribution < 1.29 is 22.7 Å². The van der Waals surface area contributed by atoms with Crippen LogP contribution < -0.4 is 5.32 Å². The highest BCUT2D eigenvalue weighted by molar-refractivity contribution is 5.98. The lowest BCUT2D eigenvalue weighted by Crippen LogP contribution is -2.33. The van der Waals surface area contributed by atoms with Crippen molar-refractivity contribution in [3.63, 3.8) is 0 Å². The lowest BCUT2D eigenvalue weighted by molar-refractivity contribution is -0.141. The Morgan fingerprint density at radius 3 is 2.87 bits per heavy atom. The van der Waals surface area contributed by atoms with E-state index in [1.807, 2.05) is 0 Å². The lowest BCUT2D eigenvalue weighted by Gasteiger charge is -2.19. The predicted octanol–water partition coefficient (Wildman–Crippen LogP) is 2.99. The third-order valence-corrected chi connectivity index (χ3v) is 4.62. The summed E-state index contributed by atoms with van der Waals surface area (Å²) in [4.78, 5) is 22.6. The number of nitrogens with one attached hydrogen (secondary N) is 1. The van der Waals surface area contributed by atoms with Gasteiger partial charge < -0.3 is 15.0 Å². The molecule has 1 aliphatic heterocycles. The zero-order valence-electron chi connectivity index (χ0n) is 15.9. The molecule has 1 fully saturated rings. The minimum atomic E-state index is -4.47. The summed E-state index contributed by atoms with van der Waals surface area (Å²) in [6, 6.07) is 4.77. The third-order valence-electron chi connectivity index (χ3n) is 4.62. The van der Waals surface area contributed by atoms with Gasteiger partial charge in [0, 0.05) is 32.1 Å². The molecule has 3 aromatic rings. The first-order valence-corrected chi connectivity index (χ1v) is 9.38. The largest absolute Gasteiger partial charge is 0.408 e. The number of carbonyl (C=O) groups excluding carboxylic acids is 1. The Morgan fingerprint density at radius 2 is 2.10 bits per heavy atom. The number of nitrogens with zero attached hydrogens (tertiary/aromatic N) is 5. The van der Waals surface area contributed by atoms with Crippen LogP contribution in [-0.2, 0) is 11.3 Å². The van der Waals surface area contributed by atoms with Gasteiger partial charge in [0.2, 0.25) is 0 Å². The Labute approximate surface area is 169 Å². The molecule has 30 heavy (non-hydrogen) atoms. The van der Waals surface area contributed by atoms with Crippen LogP contribution in [0.2, 0.25) is 0 Å². The Balaban J connectivity index is 1.71. The molecule has 0 spiro atoms. The van der Waals surface area contributed by atoms with Gasteiger partial charge in [0.05, 0.1) is 29.4 Å². The molecule has 0 saturated carbocycles. The molecule has 0 bridgehead atoms. The number of ether oxygens (including phenoxy) is 1.